The molecule has 0 unspecified atom stereocenters. The Morgan fingerprint density at radius 1 is 1.52 bits per heavy atom. The molecule has 8 heteroatoms. The van der Waals surface area contributed by atoms with Crippen molar-refractivity contribution in [2.45, 2.75) is 36.8 Å². The van der Waals surface area contributed by atoms with E-state index >= 15 is 0 Å². The predicted molar refractivity (Wildman–Crippen MR) is 90.6 cm³/mol. The van der Waals surface area contributed by atoms with Gasteiger partial charge in [0.25, 0.3) is 0 Å². The van der Waals surface area contributed by atoms with Crippen molar-refractivity contribution in [2.75, 3.05) is 11.1 Å². The van der Waals surface area contributed by atoms with Gasteiger partial charge in [-0.3, -0.25) is 4.79 Å². The van der Waals surface area contributed by atoms with Crippen LogP contribution in [0.25, 0.3) is 0 Å². The lowest BCUT2D eigenvalue weighted by Crippen LogP contribution is -2.14. The van der Waals surface area contributed by atoms with Crippen molar-refractivity contribution in [3.63, 3.8) is 0 Å². The highest BCUT2D eigenvalue weighted by Gasteiger charge is 2.23. The fourth-order valence-corrected chi connectivity index (χ4v) is 4.25. The molecule has 0 bridgehead atoms. The number of nitrogens with one attached hydrogen (secondary N) is 1. The third kappa shape index (κ3) is 3.57. The summed E-state index contributed by atoms with van der Waals surface area (Å²) in [5.74, 6) is 1.63. The molecule has 0 saturated heterocycles. The first-order valence-corrected chi connectivity index (χ1v) is 9.35. The summed E-state index contributed by atoms with van der Waals surface area (Å²) in [6.45, 7) is 0. The second-order valence-electron chi connectivity index (χ2n) is 5.49. The number of thioether (sulfide) groups is 1. The van der Waals surface area contributed by atoms with Crippen molar-refractivity contribution >= 4 is 34.0 Å². The van der Waals surface area contributed by atoms with Gasteiger partial charge in [-0.25, -0.2) is 0 Å². The Balaban J connectivity index is 1.58. The maximum atomic E-state index is 12.0. The SMILES string of the molecule is Cn1c(SCC(=O)Nc2sccc2C#N)nnc1C1CCCC1. The Labute approximate surface area is 142 Å². The quantitative estimate of drug-likeness (QED) is 0.840. The minimum Gasteiger partial charge on any atom is -0.316 e. The number of aromatic nitrogens is 3. The summed E-state index contributed by atoms with van der Waals surface area (Å²) in [5.41, 5.74) is 0.496. The molecule has 1 amide bonds. The van der Waals surface area contributed by atoms with E-state index in [0.717, 1.165) is 11.0 Å². The molecule has 1 aliphatic rings. The smallest absolute Gasteiger partial charge is 0.235 e. The normalized spacial score (nSPS) is 14.8. The van der Waals surface area contributed by atoms with E-state index in [4.69, 9.17) is 5.26 Å². The average Bonchev–Trinajstić information content (AvgIpc) is 3.26. The zero-order valence-electron chi connectivity index (χ0n) is 12.8. The third-order valence-electron chi connectivity index (χ3n) is 3.96. The van der Waals surface area contributed by atoms with Crippen LogP contribution in [-0.2, 0) is 11.8 Å². The molecular formula is C15H17N5OS2. The van der Waals surface area contributed by atoms with E-state index < -0.39 is 0 Å². The van der Waals surface area contributed by atoms with Crippen LogP contribution < -0.4 is 5.32 Å². The van der Waals surface area contributed by atoms with Gasteiger partial charge in [-0.2, -0.15) is 5.26 Å². The molecule has 6 nitrogen and oxygen atoms in total. The minimum absolute atomic E-state index is 0.139. The molecule has 2 aromatic rings. The Bertz CT molecular complexity index is 739. The number of carbonyl (C=O) groups is 1. The summed E-state index contributed by atoms with van der Waals surface area (Å²) in [6.07, 6.45) is 4.85. The number of thiophene rings is 1. The van der Waals surface area contributed by atoms with Crippen molar-refractivity contribution in [3.05, 3.63) is 22.8 Å². The van der Waals surface area contributed by atoms with Crippen LogP contribution >= 0.6 is 23.1 Å². The lowest BCUT2D eigenvalue weighted by atomic mass is 10.1. The monoisotopic (exact) mass is 347 g/mol. The van der Waals surface area contributed by atoms with E-state index in [0.29, 0.717) is 16.5 Å². The molecular weight excluding hydrogens is 330 g/mol. The van der Waals surface area contributed by atoms with Gasteiger partial charge >= 0.3 is 0 Å². The van der Waals surface area contributed by atoms with Gasteiger partial charge in [0, 0.05) is 13.0 Å². The molecule has 2 heterocycles. The van der Waals surface area contributed by atoms with Crippen molar-refractivity contribution < 1.29 is 4.79 Å². The molecule has 1 N–H and O–H groups in total. The van der Waals surface area contributed by atoms with Gasteiger partial charge in [0.1, 0.15) is 16.9 Å². The van der Waals surface area contributed by atoms with Gasteiger partial charge < -0.3 is 9.88 Å². The van der Waals surface area contributed by atoms with Crippen molar-refractivity contribution in [1.29, 1.82) is 5.26 Å². The van der Waals surface area contributed by atoms with E-state index in [2.05, 4.69) is 21.6 Å². The van der Waals surface area contributed by atoms with Crippen LogP contribution in [-0.4, -0.2) is 26.4 Å². The number of rotatable bonds is 5. The Hall–Kier alpha value is -1.85. The van der Waals surface area contributed by atoms with E-state index in [1.54, 1.807) is 11.4 Å². The van der Waals surface area contributed by atoms with E-state index in [1.165, 1.54) is 48.8 Å². The first-order valence-electron chi connectivity index (χ1n) is 7.48. The molecule has 1 aliphatic carbocycles. The third-order valence-corrected chi connectivity index (χ3v) is 5.81. The number of anilines is 1. The first kappa shape index (κ1) is 16.0. The Morgan fingerprint density at radius 2 is 2.30 bits per heavy atom. The lowest BCUT2D eigenvalue weighted by molar-refractivity contribution is -0.113. The highest BCUT2D eigenvalue weighted by Crippen LogP contribution is 2.34. The van der Waals surface area contributed by atoms with Crippen LogP contribution in [0.5, 0.6) is 0 Å². The van der Waals surface area contributed by atoms with Crippen LogP contribution in [0.2, 0.25) is 0 Å². The molecule has 0 radical (unpaired) electrons. The zero-order chi connectivity index (χ0) is 16.2. The molecule has 120 valence electrons. The van der Waals surface area contributed by atoms with Gasteiger partial charge in [0.2, 0.25) is 5.91 Å². The molecule has 23 heavy (non-hydrogen) atoms. The fraction of sp³-hybridized carbons (Fsp3) is 0.467. The van der Waals surface area contributed by atoms with Gasteiger partial charge in [-0.15, -0.1) is 21.5 Å². The number of hydrogen-bond acceptors (Lipinski definition) is 6. The maximum Gasteiger partial charge on any atom is 0.235 e. The molecule has 0 aliphatic heterocycles. The molecule has 1 fully saturated rings. The summed E-state index contributed by atoms with van der Waals surface area (Å²) >= 11 is 2.72. The summed E-state index contributed by atoms with van der Waals surface area (Å²) in [4.78, 5) is 12.0. The molecule has 2 aromatic heterocycles. The van der Waals surface area contributed by atoms with E-state index in [-0.39, 0.29) is 11.7 Å². The zero-order valence-corrected chi connectivity index (χ0v) is 14.4. The lowest BCUT2D eigenvalue weighted by Gasteiger charge is -2.08. The maximum absolute atomic E-state index is 12.0. The van der Waals surface area contributed by atoms with Gasteiger partial charge in [-0.1, -0.05) is 24.6 Å². The van der Waals surface area contributed by atoms with Crippen molar-refractivity contribution in [2.24, 2.45) is 7.05 Å². The Kier molecular flexibility index (Phi) is 4.98. The van der Waals surface area contributed by atoms with E-state index in [9.17, 15) is 4.79 Å². The van der Waals surface area contributed by atoms with E-state index in [1.807, 2.05) is 11.6 Å². The van der Waals surface area contributed by atoms with Gasteiger partial charge in [0.15, 0.2) is 5.16 Å². The Morgan fingerprint density at radius 3 is 3.04 bits per heavy atom. The van der Waals surface area contributed by atoms with Gasteiger partial charge in [0.05, 0.1) is 11.3 Å². The number of hydrogen-bond donors (Lipinski definition) is 1. The fourth-order valence-electron chi connectivity index (χ4n) is 2.78. The first-order chi connectivity index (χ1) is 11.2. The summed E-state index contributed by atoms with van der Waals surface area (Å²) in [6, 6.07) is 3.76. The van der Waals surface area contributed by atoms with Crippen LogP contribution in [0.3, 0.4) is 0 Å². The summed E-state index contributed by atoms with van der Waals surface area (Å²) in [7, 11) is 1.96. The number of nitriles is 1. The highest BCUT2D eigenvalue weighted by molar-refractivity contribution is 7.99. The van der Waals surface area contributed by atoms with Crippen molar-refractivity contribution in [1.82, 2.24) is 14.8 Å². The summed E-state index contributed by atoms with van der Waals surface area (Å²) < 4.78 is 2.00. The molecule has 1 saturated carbocycles. The van der Waals surface area contributed by atoms with Crippen LogP contribution in [0.1, 0.15) is 43.0 Å². The predicted octanol–water partition coefficient (Wildman–Crippen LogP) is 3.14. The second-order valence-corrected chi connectivity index (χ2v) is 7.35. The largest absolute Gasteiger partial charge is 0.316 e. The number of nitrogens with zero attached hydrogens (tertiary/aromatic N) is 4. The molecule has 3 rings (SSSR count). The van der Waals surface area contributed by atoms with Gasteiger partial charge in [-0.05, 0) is 24.3 Å². The topological polar surface area (TPSA) is 83.6 Å². The number of carbonyl (C=O) groups excluding carboxylic acids is 1. The average molecular weight is 347 g/mol. The molecule has 0 atom stereocenters. The molecule has 0 aromatic carbocycles. The standard InChI is InChI=1S/C15H17N5OS2/c1-20-13(10-4-2-3-5-10)18-19-15(20)23-9-12(21)17-14-11(8-16)6-7-22-14/h6-7,10H,2-5,9H2,1H3,(H,17,21). The summed E-state index contributed by atoms with van der Waals surface area (Å²) in [5, 5.41) is 23.4. The van der Waals surface area contributed by atoms with Crippen LogP contribution in [0.15, 0.2) is 16.6 Å². The van der Waals surface area contributed by atoms with Crippen LogP contribution in [0, 0.1) is 11.3 Å². The second kappa shape index (κ2) is 7.15. The van der Waals surface area contributed by atoms with Crippen molar-refractivity contribution in [3.8, 4) is 6.07 Å². The minimum atomic E-state index is -0.139. The van der Waals surface area contributed by atoms with Crippen LogP contribution in [0.4, 0.5) is 5.00 Å². The highest BCUT2D eigenvalue weighted by atomic mass is 32.2. The molecule has 0 spiro atoms. The number of amides is 1.